The molecule has 0 saturated carbocycles. The van der Waals surface area contributed by atoms with Gasteiger partial charge in [0.25, 0.3) is 11.5 Å². The topological polar surface area (TPSA) is 81.3 Å². The van der Waals surface area contributed by atoms with Crippen LogP contribution in [0.4, 0.5) is 5.69 Å². The number of nitrogens with one attached hydrogen (secondary N) is 1. The molecule has 3 aromatic carbocycles. The number of fused-ring (bicyclic) bond motifs is 1. The number of thiazole rings is 1. The highest BCUT2D eigenvalue weighted by molar-refractivity contribution is 7.07. The highest BCUT2D eigenvalue weighted by atomic mass is 35.5. The van der Waals surface area contributed by atoms with Crippen LogP contribution in [0.25, 0.3) is 11.8 Å². The van der Waals surface area contributed by atoms with Crippen molar-refractivity contribution in [2.24, 2.45) is 4.99 Å². The normalized spacial score (nSPS) is 15.1. The second-order valence-corrected chi connectivity index (χ2v) is 10.7. The van der Waals surface area contributed by atoms with Gasteiger partial charge in [0.05, 0.1) is 33.2 Å². The lowest BCUT2D eigenvalue weighted by molar-refractivity contribution is -0.113. The fourth-order valence-corrected chi connectivity index (χ4v) is 6.18. The Morgan fingerprint density at radius 3 is 2.25 bits per heavy atom. The second-order valence-electron chi connectivity index (χ2n) is 9.35. The lowest BCUT2D eigenvalue weighted by Crippen LogP contribution is -2.40. The van der Waals surface area contributed by atoms with Crippen LogP contribution in [0.2, 0.25) is 5.15 Å². The van der Waals surface area contributed by atoms with Crippen molar-refractivity contribution in [1.82, 2.24) is 14.3 Å². The van der Waals surface area contributed by atoms with E-state index in [1.807, 2.05) is 97.9 Å². The van der Waals surface area contributed by atoms with E-state index in [9.17, 15) is 9.59 Å². The van der Waals surface area contributed by atoms with Crippen molar-refractivity contribution in [3.8, 4) is 5.69 Å². The fraction of sp³-hybridized carbons (Fsp3) is 0.0968. The molecule has 7 nitrogen and oxygen atoms in total. The molecule has 2 aromatic heterocycles. The third kappa shape index (κ3) is 4.61. The third-order valence-electron chi connectivity index (χ3n) is 6.74. The minimum absolute atomic E-state index is 0.252. The van der Waals surface area contributed by atoms with Crippen molar-refractivity contribution in [2.45, 2.75) is 19.9 Å². The number of rotatable bonds is 5. The van der Waals surface area contributed by atoms with Crippen molar-refractivity contribution in [1.29, 1.82) is 0 Å². The summed E-state index contributed by atoms with van der Waals surface area (Å²) in [6.07, 6.45) is 1.76. The molecule has 0 spiro atoms. The van der Waals surface area contributed by atoms with E-state index in [0.29, 0.717) is 42.7 Å². The first-order valence-electron chi connectivity index (χ1n) is 12.7. The summed E-state index contributed by atoms with van der Waals surface area (Å²) in [4.78, 5) is 32.9. The number of aryl methyl sites for hydroxylation is 1. The molecular formula is C31H24ClN5O2S. The van der Waals surface area contributed by atoms with Gasteiger partial charge in [0.2, 0.25) is 0 Å². The molecule has 1 atom stereocenters. The molecule has 5 aromatic rings. The lowest BCUT2D eigenvalue weighted by atomic mass is 9.95. The van der Waals surface area contributed by atoms with E-state index in [-0.39, 0.29) is 11.5 Å². The first-order chi connectivity index (χ1) is 19.4. The lowest BCUT2D eigenvalue weighted by Gasteiger charge is -2.25. The predicted octanol–water partition coefficient (Wildman–Crippen LogP) is 5.02. The Morgan fingerprint density at radius 1 is 0.950 bits per heavy atom. The van der Waals surface area contributed by atoms with Gasteiger partial charge in [0, 0.05) is 11.3 Å². The molecule has 0 radical (unpaired) electrons. The van der Waals surface area contributed by atoms with Gasteiger partial charge in [-0.15, -0.1) is 0 Å². The zero-order chi connectivity index (χ0) is 27.8. The number of carbonyl (C=O) groups is 1. The Kier molecular flexibility index (Phi) is 6.79. The summed E-state index contributed by atoms with van der Waals surface area (Å²) in [6, 6.07) is 27.7. The summed E-state index contributed by atoms with van der Waals surface area (Å²) >= 11 is 8.03. The average molecular weight is 566 g/mol. The number of hydrogen-bond donors (Lipinski definition) is 1. The molecule has 1 N–H and O–H groups in total. The number of benzene rings is 3. The van der Waals surface area contributed by atoms with E-state index >= 15 is 0 Å². The second kappa shape index (κ2) is 10.6. The zero-order valence-corrected chi connectivity index (χ0v) is 23.3. The molecule has 1 unspecified atom stereocenters. The van der Waals surface area contributed by atoms with Crippen LogP contribution in [0.15, 0.2) is 112 Å². The third-order valence-corrected chi connectivity index (χ3v) is 8.08. The van der Waals surface area contributed by atoms with Crippen LogP contribution in [0, 0.1) is 6.92 Å². The summed E-state index contributed by atoms with van der Waals surface area (Å²) < 4.78 is 3.71. The van der Waals surface area contributed by atoms with Crippen LogP contribution in [0.1, 0.15) is 29.8 Å². The maximum Gasteiger partial charge on any atom is 0.271 e. The number of hydrogen-bond acceptors (Lipinski definition) is 5. The fourth-order valence-electron chi connectivity index (χ4n) is 4.83. The Bertz CT molecular complexity index is 1940. The van der Waals surface area contributed by atoms with Gasteiger partial charge in [0.1, 0.15) is 5.15 Å². The van der Waals surface area contributed by atoms with Crippen LogP contribution in [0.5, 0.6) is 0 Å². The molecule has 0 fully saturated rings. The summed E-state index contributed by atoms with van der Waals surface area (Å²) in [6.45, 7) is 3.66. The minimum Gasteiger partial charge on any atom is -0.322 e. The number of nitrogens with zero attached hydrogens (tertiary/aromatic N) is 4. The number of carbonyl (C=O) groups excluding carboxylic acids is 1. The molecule has 0 saturated heterocycles. The van der Waals surface area contributed by atoms with E-state index in [1.165, 1.54) is 11.3 Å². The molecule has 0 aliphatic carbocycles. The Hall–Kier alpha value is -4.53. The van der Waals surface area contributed by atoms with E-state index in [4.69, 9.17) is 16.6 Å². The van der Waals surface area contributed by atoms with Gasteiger partial charge in [-0.3, -0.25) is 14.2 Å². The molecule has 9 heteroatoms. The molecule has 0 bridgehead atoms. The van der Waals surface area contributed by atoms with Gasteiger partial charge in [-0.2, -0.15) is 5.10 Å². The van der Waals surface area contributed by atoms with Gasteiger partial charge >= 0.3 is 0 Å². The highest BCUT2D eigenvalue weighted by Crippen LogP contribution is 2.31. The number of anilines is 1. The number of halogens is 1. The molecule has 1 aliphatic heterocycles. The van der Waals surface area contributed by atoms with E-state index < -0.39 is 6.04 Å². The average Bonchev–Trinajstić information content (AvgIpc) is 3.43. The van der Waals surface area contributed by atoms with Crippen LogP contribution in [0.3, 0.4) is 0 Å². The maximum absolute atomic E-state index is 14.0. The van der Waals surface area contributed by atoms with Crippen molar-refractivity contribution in [2.75, 3.05) is 5.32 Å². The maximum atomic E-state index is 14.0. The first-order valence-corrected chi connectivity index (χ1v) is 13.9. The SMILES string of the molecule is CC1=C(C(=O)Nc2ccccc2)C(c2ccccc2)n2c(s/c(=C/c3c(C)nn(-c4ccccc4)c3Cl)c2=O)=N1. The number of allylic oxidation sites excluding steroid dienone is 1. The summed E-state index contributed by atoms with van der Waals surface area (Å²) in [5.74, 6) is -0.307. The molecular weight excluding hydrogens is 542 g/mol. The van der Waals surface area contributed by atoms with Gasteiger partial charge < -0.3 is 5.32 Å². The van der Waals surface area contributed by atoms with Crippen molar-refractivity contribution in [3.05, 3.63) is 144 Å². The quantitative estimate of drug-likeness (QED) is 0.325. The van der Waals surface area contributed by atoms with E-state index in [1.54, 1.807) is 22.2 Å². The predicted molar refractivity (Wildman–Crippen MR) is 159 cm³/mol. The van der Waals surface area contributed by atoms with Crippen molar-refractivity contribution in [3.63, 3.8) is 0 Å². The number of amides is 1. The summed E-state index contributed by atoms with van der Waals surface area (Å²) in [7, 11) is 0. The van der Waals surface area contributed by atoms with Gasteiger partial charge in [-0.1, -0.05) is 89.7 Å². The van der Waals surface area contributed by atoms with E-state index in [2.05, 4.69) is 10.4 Å². The molecule has 40 heavy (non-hydrogen) atoms. The monoisotopic (exact) mass is 565 g/mol. The van der Waals surface area contributed by atoms with Gasteiger partial charge in [0.15, 0.2) is 4.80 Å². The van der Waals surface area contributed by atoms with Gasteiger partial charge in [-0.25, -0.2) is 9.67 Å². The van der Waals surface area contributed by atoms with Crippen LogP contribution in [-0.4, -0.2) is 20.3 Å². The standard InChI is InChI=1S/C31H24ClN5O2S/c1-19-24(28(32)37(35-19)23-16-10-5-11-17-23)18-25-30(39)36-27(21-12-6-3-7-13-21)26(20(2)33-31(36)40-25)29(38)34-22-14-8-4-9-15-22/h3-18,27H,1-2H3,(H,34,38)/b25-18+. The first kappa shape index (κ1) is 25.7. The molecule has 6 rings (SSSR count). The number of para-hydroxylation sites is 2. The Balaban J connectivity index is 1.49. The van der Waals surface area contributed by atoms with E-state index in [0.717, 1.165) is 11.3 Å². The molecule has 3 heterocycles. The largest absolute Gasteiger partial charge is 0.322 e. The Labute approximate surface area is 239 Å². The summed E-state index contributed by atoms with van der Waals surface area (Å²) in [5, 5.41) is 7.98. The minimum atomic E-state index is -0.646. The Morgan fingerprint density at radius 2 is 1.57 bits per heavy atom. The smallest absolute Gasteiger partial charge is 0.271 e. The summed E-state index contributed by atoms with van der Waals surface area (Å²) in [5.41, 5.74) is 4.37. The van der Waals surface area contributed by atoms with Crippen LogP contribution in [-0.2, 0) is 4.79 Å². The molecule has 1 amide bonds. The molecule has 1 aliphatic rings. The highest BCUT2D eigenvalue weighted by Gasteiger charge is 2.32. The number of aromatic nitrogens is 3. The van der Waals surface area contributed by atoms with Crippen LogP contribution < -0.4 is 20.2 Å². The van der Waals surface area contributed by atoms with Crippen molar-refractivity contribution < 1.29 is 4.79 Å². The molecule has 198 valence electrons. The van der Waals surface area contributed by atoms with Gasteiger partial charge in [-0.05, 0) is 49.8 Å². The van der Waals surface area contributed by atoms with Crippen molar-refractivity contribution >= 4 is 40.6 Å². The zero-order valence-electron chi connectivity index (χ0n) is 21.7. The van der Waals surface area contributed by atoms with Crippen LogP contribution >= 0.6 is 22.9 Å².